The number of nitrogens with one attached hydrogen (secondary N) is 1. The molecule has 2 aromatic heterocycles. The van der Waals surface area contributed by atoms with Gasteiger partial charge >= 0.3 is 5.97 Å². The summed E-state index contributed by atoms with van der Waals surface area (Å²) in [7, 11) is 0. The van der Waals surface area contributed by atoms with E-state index in [4.69, 9.17) is 9.15 Å². The molecule has 0 bridgehead atoms. The van der Waals surface area contributed by atoms with Crippen LogP contribution in [0.4, 0.5) is 5.13 Å². The second kappa shape index (κ2) is 5.41. The van der Waals surface area contributed by atoms with Crippen LogP contribution < -0.4 is 5.32 Å². The first-order valence-corrected chi connectivity index (χ1v) is 5.77. The molecule has 0 saturated carbocycles. The van der Waals surface area contributed by atoms with Crippen LogP contribution in [0.25, 0.3) is 0 Å². The van der Waals surface area contributed by atoms with E-state index >= 15 is 0 Å². The van der Waals surface area contributed by atoms with Gasteiger partial charge in [0.2, 0.25) is 10.9 Å². The zero-order chi connectivity index (χ0) is 13.0. The van der Waals surface area contributed by atoms with E-state index in [1.165, 1.54) is 23.7 Å². The Labute approximate surface area is 106 Å². The van der Waals surface area contributed by atoms with E-state index in [2.05, 4.69) is 15.5 Å². The van der Waals surface area contributed by atoms with Gasteiger partial charge in [-0.2, -0.15) is 0 Å². The minimum Gasteiger partial charge on any atom is -0.457 e. The van der Waals surface area contributed by atoms with Gasteiger partial charge < -0.3 is 9.15 Å². The van der Waals surface area contributed by atoms with Crippen molar-refractivity contribution in [1.29, 1.82) is 0 Å². The van der Waals surface area contributed by atoms with Gasteiger partial charge in [-0.25, -0.2) is 4.79 Å². The molecule has 2 heterocycles. The second-order valence-electron chi connectivity index (χ2n) is 3.23. The molecule has 2 rings (SSSR count). The summed E-state index contributed by atoms with van der Waals surface area (Å²) in [4.78, 5) is 22.8. The molecule has 2 aromatic rings. The molecule has 1 N–H and O–H groups in total. The molecule has 0 unspecified atom stereocenters. The van der Waals surface area contributed by atoms with Gasteiger partial charge in [0.05, 0.1) is 6.26 Å². The molecule has 7 nitrogen and oxygen atoms in total. The molecule has 0 aliphatic carbocycles. The molecule has 0 aliphatic rings. The zero-order valence-electron chi connectivity index (χ0n) is 9.37. The quantitative estimate of drug-likeness (QED) is 0.837. The summed E-state index contributed by atoms with van der Waals surface area (Å²) in [6.07, 6.45) is 1.35. The molecule has 0 radical (unpaired) electrons. The van der Waals surface area contributed by atoms with Crippen molar-refractivity contribution in [3.8, 4) is 0 Å². The Hall–Kier alpha value is -2.22. The molecule has 0 aliphatic heterocycles. The third-order valence-corrected chi connectivity index (χ3v) is 2.58. The summed E-state index contributed by atoms with van der Waals surface area (Å²) >= 11 is 1.23. The van der Waals surface area contributed by atoms with Crippen molar-refractivity contribution >= 4 is 28.3 Å². The molecule has 1 amide bonds. The van der Waals surface area contributed by atoms with Crippen LogP contribution in [0, 0.1) is 6.92 Å². The predicted octanol–water partition coefficient (Wildman–Crippen LogP) is 1.24. The summed E-state index contributed by atoms with van der Waals surface area (Å²) in [5, 5.41) is 11.0. The number of hydrogen-bond donors (Lipinski definition) is 1. The monoisotopic (exact) mass is 267 g/mol. The fourth-order valence-electron chi connectivity index (χ4n) is 1.10. The first kappa shape index (κ1) is 12.2. The van der Waals surface area contributed by atoms with E-state index in [1.807, 2.05) is 0 Å². The van der Waals surface area contributed by atoms with E-state index in [1.54, 1.807) is 13.0 Å². The molecule has 0 saturated heterocycles. The van der Waals surface area contributed by atoms with Crippen LogP contribution in [-0.2, 0) is 9.53 Å². The Balaban J connectivity index is 1.80. The van der Waals surface area contributed by atoms with Gasteiger partial charge in [-0.15, -0.1) is 10.2 Å². The Morgan fingerprint density at radius 1 is 1.50 bits per heavy atom. The topological polar surface area (TPSA) is 94.3 Å². The third kappa shape index (κ3) is 3.14. The number of esters is 1. The third-order valence-electron chi connectivity index (χ3n) is 1.83. The van der Waals surface area contributed by atoms with Crippen molar-refractivity contribution in [3.63, 3.8) is 0 Å². The Bertz CT molecular complexity index is 549. The Morgan fingerprint density at radius 2 is 2.33 bits per heavy atom. The molecule has 0 aromatic carbocycles. The highest BCUT2D eigenvalue weighted by atomic mass is 32.1. The van der Waals surface area contributed by atoms with E-state index < -0.39 is 18.5 Å². The maximum atomic E-state index is 11.4. The van der Waals surface area contributed by atoms with Crippen LogP contribution in [0.2, 0.25) is 0 Å². The summed E-state index contributed by atoms with van der Waals surface area (Å²) in [5.41, 5.74) is 0. The molecule has 94 valence electrons. The van der Waals surface area contributed by atoms with Crippen LogP contribution in [0.1, 0.15) is 15.6 Å². The van der Waals surface area contributed by atoms with E-state index in [0.29, 0.717) is 5.13 Å². The first-order valence-electron chi connectivity index (χ1n) is 4.96. The van der Waals surface area contributed by atoms with Crippen molar-refractivity contribution in [2.24, 2.45) is 0 Å². The fourth-order valence-corrected chi connectivity index (χ4v) is 1.71. The molecule has 8 heteroatoms. The Kier molecular flexibility index (Phi) is 3.68. The van der Waals surface area contributed by atoms with Gasteiger partial charge in [0.25, 0.3) is 5.91 Å². The number of aromatic nitrogens is 2. The van der Waals surface area contributed by atoms with Crippen LogP contribution >= 0.6 is 11.3 Å². The summed E-state index contributed by atoms with van der Waals surface area (Å²) in [6.45, 7) is 1.36. The molecular formula is C10H9N3O4S. The highest BCUT2D eigenvalue weighted by Gasteiger charge is 2.13. The maximum absolute atomic E-state index is 11.4. The summed E-state index contributed by atoms with van der Waals surface area (Å²) in [6, 6.07) is 3.01. The minimum absolute atomic E-state index is 0.0505. The number of carbonyl (C=O) groups excluding carboxylic acids is 2. The van der Waals surface area contributed by atoms with E-state index in [0.717, 1.165) is 5.01 Å². The van der Waals surface area contributed by atoms with Crippen LogP contribution in [0.5, 0.6) is 0 Å². The maximum Gasteiger partial charge on any atom is 0.374 e. The van der Waals surface area contributed by atoms with Gasteiger partial charge in [-0.05, 0) is 19.1 Å². The smallest absolute Gasteiger partial charge is 0.374 e. The number of carbonyl (C=O) groups is 2. The zero-order valence-corrected chi connectivity index (χ0v) is 10.2. The summed E-state index contributed by atoms with van der Waals surface area (Å²) in [5.74, 6) is -1.12. The van der Waals surface area contributed by atoms with Crippen molar-refractivity contribution < 1.29 is 18.7 Å². The SMILES string of the molecule is Cc1nnc(NC(=O)COC(=O)c2ccco2)s1. The molecule has 0 atom stereocenters. The second-order valence-corrected chi connectivity index (χ2v) is 4.41. The van der Waals surface area contributed by atoms with Gasteiger partial charge in [0, 0.05) is 0 Å². The molecule has 0 spiro atoms. The number of rotatable bonds is 4. The molecule has 18 heavy (non-hydrogen) atoms. The first-order chi connectivity index (χ1) is 8.65. The van der Waals surface area contributed by atoms with Crippen molar-refractivity contribution in [3.05, 3.63) is 29.2 Å². The fraction of sp³-hybridized carbons (Fsp3) is 0.200. The number of nitrogens with zero attached hydrogens (tertiary/aromatic N) is 2. The predicted molar refractivity (Wildman–Crippen MR) is 62.3 cm³/mol. The van der Waals surface area contributed by atoms with E-state index in [-0.39, 0.29) is 5.76 Å². The largest absolute Gasteiger partial charge is 0.457 e. The average Bonchev–Trinajstić information content (AvgIpc) is 2.97. The lowest BCUT2D eigenvalue weighted by Gasteiger charge is -2.02. The van der Waals surface area contributed by atoms with Crippen molar-refractivity contribution in [2.75, 3.05) is 11.9 Å². The van der Waals surface area contributed by atoms with Crippen LogP contribution in [0.3, 0.4) is 0 Å². The number of aryl methyl sites for hydroxylation is 1. The Morgan fingerprint density at radius 3 is 2.94 bits per heavy atom. The standard InChI is InChI=1S/C10H9N3O4S/c1-6-12-13-10(18-6)11-8(14)5-17-9(15)7-3-2-4-16-7/h2-4H,5H2,1H3,(H,11,13,14). The number of ether oxygens (including phenoxy) is 1. The average molecular weight is 267 g/mol. The van der Waals surface area contributed by atoms with Crippen LogP contribution in [0.15, 0.2) is 22.8 Å². The molecule has 0 fully saturated rings. The molecular weight excluding hydrogens is 258 g/mol. The van der Waals surface area contributed by atoms with Crippen molar-refractivity contribution in [2.45, 2.75) is 6.92 Å². The number of furan rings is 1. The highest BCUT2D eigenvalue weighted by molar-refractivity contribution is 7.15. The van der Waals surface area contributed by atoms with Crippen molar-refractivity contribution in [1.82, 2.24) is 10.2 Å². The lowest BCUT2D eigenvalue weighted by atomic mass is 10.4. The lowest BCUT2D eigenvalue weighted by molar-refractivity contribution is -0.119. The van der Waals surface area contributed by atoms with Gasteiger partial charge in [-0.3, -0.25) is 10.1 Å². The number of anilines is 1. The van der Waals surface area contributed by atoms with Gasteiger partial charge in [0.1, 0.15) is 5.01 Å². The van der Waals surface area contributed by atoms with E-state index in [9.17, 15) is 9.59 Å². The number of hydrogen-bond acceptors (Lipinski definition) is 7. The normalized spacial score (nSPS) is 10.1. The van der Waals surface area contributed by atoms with Crippen LogP contribution in [-0.4, -0.2) is 28.7 Å². The highest BCUT2D eigenvalue weighted by Crippen LogP contribution is 2.13. The van der Waals surface area contributed by atoms with Gasteiger partial charge in [-0.1, -0.05) is 11.3 Å². The number of amides is 1. The summed E-state index contributed by atoms with van der Waals surface area (Å²) < 4.78 is 9.56. The lowest BCUT2D eigenvalue weighted by Crippen LogP contribution is -2.20. The minimum atomic E-state index is -0.691. The van der Waals surface area contributed by atoms with Gasteiger partial charge in [0.15, 0.2) is 6.61 Å².